The number of esters is 2. The molecule has 0 aliphatic heterocycles. The number of nitrogens with zero attached hydrogens (tertiary/aromatic N) is 1. The van der Waals surface area contributed by atoms with E-state index < -0.39 is 18.0 Å². The number of hydrogen-bond acceptors (Lipinski definition) is 6. The summed E-state index contributed by atoms with van der Waals surface area (Å²) in [5.74, 6) is -1.17. The van der Waals surface area contributed by atoms with Gasteiger partial charge in [0.15, 0.2) is 0 Å². The van der Waals surface area contributed by atoms with Crippen molar-refractivity contribution in [3.63, 3.8) is 0 Å². The number of methoxy groups -OCH3 is 2. The summed E-state index contributed by atoms with van der Waals surface area (Å²) in [6.07, 6.45) is 0. The maximum Gasteiger partial charge on any atom is 0.328 e. The third-order valence-electron chi connectivity index (χ3n) is 3.04. The molecule has 1 atom stereocenters. The standard InChI is InChI=1S/C15H20N2O5/c1-10(15(20)22-4)17(9-14(19)21-3)13-7-5-6-12(8-13)16-11(2)18/h5-8,10H,9H2,1-4H3,(H,16,18). The highest BCUT2D eigenvalue weighted by Gasteiger charge is 2.25. The molecular weight excluding hydrogens is 288 g/mol. The fourth-order valence-electron chi connectivity index (χ4n) is 1.92. The van der Waals surface area contributed by atoms with Crippen molar-refractivity contribution in [2.45, 2.75) is 19.9 Å². The molecule has 1 N–H and O–H groups in total. The van der Waals surface area contributed by atoms with Gasteiger partial charge in [-0.05, 0) is 25.1 Å². The monoisotopic (exact) mass is 308 g/mol. The molecule has 0 aliphatic carbocycles. The molecular formula is C15H20N2O5. The van der Waals surface area contributed by atoms with Crippen LogP contribution in [0.4, 0.5) is 11.4 Å². The molecule has 0 aliphatic rings. The van der Waals surface area contributed by atoms with Gasteiger partial charge in [0, 0.05) is 18.3 Å². The number of rotatable bonds is 6. The number of amides is 1. The molecule has 0 spiro atoms. The zero-order valence-electron chi connectivity index (χ0n) is 13.1. The Bertz CT molecular complexity index is 559. The molecule has 1 aromatic carbocycles. The van der Waals surface area contributed by atoms with Crippen LogP contribution in [0, 0.1) is 0 Å². The van der Waals surface area contributed by atoms with E-state index in [2.05, 4.69) is 10.1 Å². The third kappa shape index (κ3) is 4.76. The van der Waals surface area contributed by atoms with Gasteiger partial charge in [0.1, 0.15) is 12.6 Å². The van der Waals surface area contributed by atoms with Crippen molar-refractivity contribution in [2.24, 2.45) is 0 Å². The molecule has 1 amide bonds. The Kier molecular flexibility index (Phi) is 6.37. The second kappa shape index (κ2) is 8.02. The zero-order chi connectivity index (χ0) is 16.7. The first kappa shape index (κ1) is 17.5. The lowest BCUT2D eigenvalue weighted by molar-refractivity contribution is -0.142. The van der Waals surface area contributed by atoms with Crippen LogP contribution in [0.15, 0.2) is 24.3 Å². The number of hydrogen-bond donors (Lipinski definition) is 1. The maximum atomic E-state index is 11.8. The predicted octanol–water partition coefficient (Wildman–Crippen LogP) is 1.19. The van der Waals surface area contributed by atoms with Crippen molar-refractivity contribution < 1.29 is 23.9 Å². The van der Waals surface area contributed by atoms with Gasteiger partial charge in [-0.3, -0.25) is 9.59 Å². The lowest BCUT2D eigenvalue weighted by Gasteiger charge is -2.28. The number of carbonyl (C=O) groups is 3. The topological polar surface area (TPSA) is 84.9 Å². The minimum Gasteiger partial charge on any atom is -0.468 e. The largest absolute Gasteiger partial charge is 0.468 e. The molecule has 7 heteroatoms. The highest BCUT2D eigenvalue weighted by atomic mass is 16.5. The van der Waals surface area contributed by atoms with E-state index in [4.69, 9.17) is 4.74 Å². The molecule has 1 aromatic rings. The number of benzene rings is 1. The molecule has 22 heavy (non-hydrogen) atoms. The van der Waals surface area contributed by atoms with E-state index in [9.17, 15) is 14.4 Å². The van der Waals surface area contributed by atoms with Gasteiger partial charge in [-0.15, -0.1) is 0 Å². The quantitative estimate of drug-likeness (QED) is 0.795. The predicted molar refractivity (Wildman–Crippen MR) is 81.6 cm³/mol. The molecule has 0 bridgehead atoms. The smallest absolute Gasteiger partial charge is 0.328 e. The van der Waals surface area contributed by atoms with E-state index in [1.54, 1.807) is 36.1 Å². The molecule has 120 valence electrons. The number of ether oxygens (including phenoxy) is 2. The van der Waals surface area contributed by atoms with Gasteiger partial charge in [-0.2, -0.15) is 0 Å². The molecule has 0 saturated carbocycles. The summed E-state index contributed by atoms with van der Waals surface area (Å²) >= 11 is 0. The van der Waals surface area contributed by atoms with Crippen molar-refractivity contribution in [2.75, 3.05) is 31.0 Å². The van der Waals surface area contributed by atoms with Crippen molar-refractivity contribution in [1.82, 2.24) is 0 Å². The SMILES string of the molecule is COC(=O)CN(c1cccc(NC(C)=O)c1)C(C)C(=O)OC. The van der Waals surface area contributed by atoms with Gasteiger partial charge >= 0.3 is 11.9 Å². The van der Waals surface area contributed by atoms with Gasteiger partial charge in [-0.1, -0.05) is 6.07 Å². The average molecular weight is 308 g/mol. The molecule has 0 radical (unpaired) electrons. The third-order valence-corrected chi connectivity index (χ3v) is 3.04. The van der Waals surface area contributed by atoms with E-state index in [1.165, 1.54) is 21.1 Å². The summed E-state index contributed by atoms with van der Waals surface area (Å²) in [7, 11) is 2.56. The number of nitrogens with one attached hydrogen (secondary N) is 1. The van der Waals surface area contributed by atoms with Crippen LogP contribution in [0.3, 0.4) is 0 Å². The lowest BCUT2D eigenvalue weighted by Crippen LogP contribution is -2.43. The maximum absolute atomic E-state index is 11.8. The molecule has 7 nitrogen and oxygen atoms in total. The number of anilines is 2. The fraction of sp³-hybridized carbons (Fsp3) is 0.400. The Morgan fingerprint density at radius 3 is 2.45 bits per heavy atom. The summed E-state index contributed by atoms with van der Waals surface area (Å²) in [6, 6.07) is 6.15. The first-order chi connectivity index (χ1) is 10.4. The Balaban J connectivity index is 3.11. The second-order valence-electron chi connectivity index (χ2n) is 4.63. The van der Waals surface area contributed by atoms with Crippen molar-refractivity contribution >= 4 is 29.2 Å². The van der Waals surface area contributed by atoms with Crippen molar-refractivity contribution in [3.05, 3.63) is 24.3 Å². The zero-order valence-corrected chi connectivity index (χ0v) is 13.1. The van der Waals surface area contributed by atoms with E-state index in [0.29, 0.717) is 11.4 Å². The minimum atomic E-state index is -0.684. The van der Waals surface area contributed by atoms with Gasteiger partial charge in [0.25, 0.3) is 0 Å². The van der Waals surface area contributed by atoms with Crippen LogP contribution in [0.2, 0.25) is 0 Å². The first-order valence-corrected chi connectivity index (χ1v) is 6.68. The van der Waals surface area contributed by atoms with Crippen LogP contribution in [0.5, 0.6) is 0 Å². The molecule has 1 rings (SSSR count). The molecule has 0 aromatic heterocycles. The van der Waals surface area contributed by atoms with Gasteiger partial charge in [0.05, 0.1) is 14.2 Å². The Hall–Kier alpha value is -2.57. The minimum absolute atomic E-state index is 0.115. The van der Waals surface area contributed by atoms with Gasteiger partial charge in [0.2, 0.25) is 5.91 Å². The summed E-state index contributed by atoms with van der Waals surface area (Å²) in [6.45, 7) is 2.91. The van der Waals surface area contributed by atoms with Gasteiger partial charge < -0.3 is 19.7 Å². The summed E-state index contributed by atoms with van der Waals surface area (Å²) < 4.78 is 9.38. The van der Waals surface area contributed by atoms with Crippen LogP contribution in [0.1, 0.15) is 13.8 Å². The Morgan fingerprint density at radius 2 is 1.91 bits per heavy atom. The molecule has 1 unspecified atom stereocenters. The fourth-order valence-corrected chi connectivity index (χ4v) is 1.92. The van der Waals surface area contributed by atoms with E-state index in [1.807, 2.05) is 0 Å². The molecule has 0 fully saturated rings. The van der Waals surface area contributed by atoms with Gasteiger partial charge in [-0.25, -0.2) is 4.79 Å². The average Bonchev–Trinajstić information content (AvgIpc) is 2.50. The number of carbonyl (C=O) groups excluding carboxylic acids is 3. The van der Waals surface area contributed by atoms with E-state index >= 15 is 0 Å². The van der Waals surface area contributed by atoms with Crippen LogP contribution >= 0.6 is 0 Å². The van der Waals surface area contributed by atoms with E-state index in [-0.39, 0.29) is 12.5 Å². The molecule has 0 saturated heterocycles. The Morgan fingerprint density at radius 1 is 1.23 bits per heavy atom. The van der Waals surface area contributed by atoms with Crippen LogP contribution in [-0.2, 0) is 23.9 Å². The first-order valence-electron chi connectivity index (χ1n) is 6.68. The van der Waals surface area contributed by atoms with E-state index in [0.717, 1.165) is 0 Å². The Labute approximate surface area is 129 Å². The second-order valence-corrected chi connectivity index (χ2v) is 4.63. The van der Waals surface area contributed by atoms with Crippen LogP contribution in [-0.4, -0.2) is 44.7 Å². The highest BCUT2D eigenvalue weighted by molar-refractivity contribution is 5.90. The highest BCUT2D eigenvalue weighted by Crippen LogP contribution is 2.22. The van der Waals surface area contributed by atoms with Crippen LogP contribution < -0.4 is 10.2 Å². The van der Waals surface area contributed by atoms with Crippen molar-refractivity contribution in [3.8, 4) is 0 Å². The van der Waals surface area contributed by atoms with Crippen LogP contribution in [0.25, 0.3) is 0 Å². The summed E-state index contributed by atoms with van der Waals surface area (Å²) in [4.78, 5) is 36.0. The van der Waals surface area contributed by atoms with Crippen molar-refractivity contribution in [1.29, 1.82) is 0 Å². The summed E-state index contributed by atoms with van der Waals surface area (Å²) in [5.41, 5.74) is 1.16. The normalized spacial score (nSPS) is 11.3. The summed E-state index contributed by atoms with van der Waals surface area (Å²) in [5, 5.41) is 2.65. The lowest BCUT2D eigenvalue weighted by atomic mass is 10.2. The molecule has 0 heterocycles.